The molecule has 0 unspecified atom stereocenters. The molecule has 68 valence electrons. The predicted molar refractivity (Wildman–Crippen MR) is 47.1 cm³/mol. The van der Waals surface area contributed by atoms with Gasteiger partial charge < -0.3 is 9.47 Å². The van der Waals surface area contributed by atoms with Crippen LogP contribution in [0.5, 0.6) is 5.75 Å². The molecule has 0 radical (unpaired) electrons. The van der Waals surface area contributed by atoms with E-state index in [2.05, 4.69) is 0 Å². The molecule has 0 aliphatic carbocycles. The highest BCUT2D eigenvalue weighted by molar-refractivity contribution is 6.02. The van der Waals surface area contributed by atoms with Crippen LogP contribution in [-0.4, -0.2) is 25.6 Å². The molecule has 0 bridgehead atoms. The van der Waals surface area contributed by atoms with Crippen LogP contribution in [0.4, 0.5) is 0 Å². The molecule has 0 fully saturated rings. The summed E-state index contributed by atoms with van der Waals surface area (Å²) < 4.78 is 10.3. The summed E-state index contributed by atoms with van der Waals surface area (Å²) in [5, 5.41) is 0. The molecule has 0 aromatic heterocycles. The van der Waals surface area contributed by atoms with Crippen molar-refractivity contribution in [2.24, 2.45) is 0 Å². The molecule has 0 amide bonds. The Morgan fingerprint density at radius 1 is 1.46 bits per heavy atom. The van der Waals surface area contributed by atoms with Crippen molar-refractivity contribution < 1.29 is 14.3 Å². The standard InChI is InChI=1S/C10H10O3/c1-12-9-6-13-8-5-3-2-4-7(8)10(9)11/h2-5,9H,6H2,1H3/t9-/m1/s1. The number of benzene rings is 1. The summed E-state index contributed by atoms with van der Waals surface area (Å²) in [7, 11) is 1.51. The molecular formula is C10H10O3. The van der Waals surface area contributed by atoms with Crippen LogP contribution in [0.1, 0.15) is 10.4 Å². The molecule has 1 aliphatic heterocycles. The SMILES string of the molecule is CO[C@@H]1COc2ccccc2C1=O. The second kappa shape index (κ2) is 3.18. The average Bonchev–Trinajstić information content (AvgIpc) is 2.19. The summed E-state index contributed by atoms with van der Waals surface area (Å²) in [5.74, 6) is 0.658. The molecule has 0 saturated heterocycles. The highest BCUT2D eigenvalue weighted by Gasteiger charge is 2.27. The van der Waals surface area contributed by atoms with Crippen molar-refractivity contribution in [1.29, 1.82) is 0 Å². The van der Waals surface area contributed by atoms with E-state index in [1.807, 2.05) is 12.1 Å². The van der Waals surface area contributed by atoms with Gasteiger partial charge in [-0.1, -0.05) is 12.1 Å². The van der Waals surface area contributed by atoms with E-state index in [9.17, 15) is 4.79 Å². The second-order valence-electron chi connectivity index (χ2n) is 2.90. The van der Waals surface area contributed by atoms with Crippen LogP contribution >= 0.6 is 0 Å². The van der Waals surface area contributed by atoms with Gasteiger partial charge in [0.1, 0.15) is 12.4 Å². The van der Waals surface area contributed by atoms with E-state index in [0.717, 1.165) is 0 Å². The fourth-order valence-corrected chi connectivity index (χ4v) is 1.39. The van der Waals surface area contributed by atoms with Crippen molar-refractivity contribution >= 4 is 5.78 Å². The van der Waals surface area contributed by atoms with Gasteiger partial charge in [-0.3, -0.25) is 4.79 Å². The van der Waals surface area contributed by atoms with Crippen LogP contribution in [0.25, 0.3) is 0 Å². The highest BCUT2D eigenvalue weighted by atomic mass is 16.5. The second-order valence-corrected chi connectivity index (χ2v) is 2.90. The number of fused-ring (bicyclic) bond motifs is 1. The molecule has 1 aromatic carbocycles. The molecule has 1 atom stereocenters. The first kappa shape index (κ1) is 8.26. The first-order valence-corrected chi connectivity index (χ1v) is 4.12. The first-order chi connectivity index (χ1) is 6.33. The topological polar surface area (TPSA) is 35.5 Å². The maximum Gasteiger partial charge on any atom is 0.198 e. The van der Waals surface area contributed by atoms with Gasteiger partial charge in [0.05, 0.1) is 5.56 Å². The van der Waals surface area contributed by atoms with Crippen molar-refractivity contribution in [3.8, 4) is 5.75 Å². The lowest BCUT2D eigenvalue weighted by atomic mass is 10.0. The van der Waals surface area contributed by atoms with Crippen molar-refractivity contribution in [2.45, 2.75) is 6.10 Å². The molecule has 1 aliphatic rings. The Bertz CT molecular complexity index is 333. The van der Waals surface area contributed by atoms with E-state index in [1.165, 1.54) is 7.11 Å². The van der Waals surface area contributed by atoms with Crippen LogP contribution in [-0.2, 0) is 4.74 Å². The molecule has 3 heteroatoms. The zero-order valence-electron chi connectivity index (χ0n) is 7.32. The molecular weight excluding hydrogens is 168 g/mol. The lowest BCUT2D eigenvalue weighted by molar-refractivity contribution is 0.0368. The number of hydrogen-bond acceptors (Lipinski definition) is 3. The Morgan fingerprint density at radius 2 is 2.23 bits per heavy atom. The highest BCUT2D eigenvalue weighted by Crippen LogP contribution is 2.24. The van der Waals surface area contributed by atoms with Crippen LogP contribution < -0.4 is 4.74 Å². The van der Waals surface area contributed by atoms with Gasteiger partial charge >= 0.3 is 0 Å². The number of methoxy groups -OCH3 is 1. The predicted octanol–water partition coefficient (Wildman–Crippen LogP) is 1.28. The van der Waals surface area contributed by atoms with Gasteiger partial charge in [0.2, 0.25) is 0 Å². The monoisotopic (exact) mass is 178 g/mol. The zero-order valence-corrected chi connectivity index (χ0v) is 7.32. The number of carbonyl (C=O) groups is 1. The summed E-state index contributed by atoms with van der Waals surface area (Å²) >= 11 is 0. The maximum absolute atomic E-state index is 11.6. The van der Waals surface area contributed by atoms with Crippen molar-refractivity contribution in [3.63, 3.8) is 0 Å². The molecule has 0 spiro atoms. The molecule has 2 rings (SSSR count). The van der Waals surface area contributed by atoms with Crippen LogP contribution in [0.2, 0.25) is 0 Å². The Balaban J connectivity index is 2.39. The number of hydrogen-bond donors (Lipinski definition) is 0. The molecule has 13 heavy (non-hydrogen) atoms. The number of ether oxygens (including phenoxy) is 2. The largest absolute Gasteiger partial charge is 0.490 e. The van der Waals surface area contributed by atoms with Gasteiger partial charge in [0.25, 0.3) is 0 Å². The van der Waals surface area contributed by atoms with E-state index < -0.39 is 6.10 Å². The average molecular weight is 178 g/mol. The van der Waals surface area contributed by atoms with Crippen LogP contribution in [0, 0.1) is 0 Å². The van der Waals surface area contributed by atoms with E-state index >= 15 is 0 Å². The molecule has 0 saturated carbocycles. The van der Waals surface area contributed by atoms with Crippen molar-refractivity contribution in [1.82, 2.24) is 0 Å². The number of ketones is 1. The molecule has 1 heterocycles. The summed E-state index contributed by atoms with van der Waals surface area (Å²) in [6.07, 6.45) is -0.449. The minimum atomic E-state index is -0.449. The summed E-state index contributed by atoms with van der Waals surface area (Å²) in [6.45, 7) is 0.312. The lowest BCUT2D eigenvalue weighted by Crippen LogP contribution is -2.34. The van der Waals surface area contributed by atoms with Crippen molar-refractivity contribution in [3.05, 3.63) is 29.8 Å². The fourth-order valence-electron chi connectivity index (χ4n) is 1.39. The Labute approximate surface area is 76.3 Å². The number of rotatable bonds is 1. The Morgan fingerprint density at radius 3 is 3.00 bits per heavy atom. The number of carbonyl (C=O) groups excluding carboxylic acids is 1. The van der Waals surface area contributed by atoms with Gasteiger partial charge in [0.15, 0.2) is 11.9 Å². The van der Waals surface area contributed by atoms with Crippen LogP contribution in [0.15, 0.2) is 24.3 Å². The van der Waals surface area contributed by atoms with Crippen molar-refractivity contribution in [2.75, 3.05) is 13.7 Å². The summed E-state index contributed by atoms with van der Waals surface area (Å²) in [6, 6.07) is 7.21. The molecule has 0 N–H and O–H groups in total. The normalized spacial score (nSPS) is 20.7. The first-order valence-electron chi connectivity index (χ1n) is 4.12. The third-order valence-corrected chi connectivity index (χ3v) is 2.12. The van der Waals surface area contributed by atoms with E-state index in [-0.39, 0.29) is 5.78 Å². The van der Waals surface area contributed by atoms with Gasteiger partial charge in [0, 0.05) is 7.11 Å². The van der Waals surface area contributed by atoms with Gasteiger partial charge in [-0.2, -0.15) is 0 Å². The van der Waals surface area contributed by atoms with Gasteiger partial charge in [-0.15, -0.1) is 0 Å². The van der Waals surface area contributed by atoms with Crippen LogP contribution in [0.3, 0.4) is 0 Å². The van der Waals surface area contributed by atoms with Gasteiger partial charge in [-0.25, -0.2) is 0 Å². The third kappa shape index (κ3) is 1.31. The molecule has 3 nitrogen and oxygen atoms in total. The zero-order chi connectivity index (χ0) is 9.26. The fraction of sp³-hybridized carbons (Fsp3) is 0.300. The quantitative estimate of drug-likeness (QED) is 0.649. The van der Waals surface area contributed by atoms with E-state index in [4.69, 9.17) is 9.47 Å². The Hall–Kier alpha value is -1.35. The Kier molecular flexibility index (Phi) is 2.02. The number of Topliss-reactive ketones (excluding diaryl/α,β-unsaturated/α-hetero) is 1. The van der Waals surface area contributed by atoms with E-state index in [1.54, 1.807) is 12.1 Å². The minimum absolute atomic E-state index is 0.00403. The maximum atomic E-state index is 11.6. The van der Waals surface area contributed by atoms with E-state index in [0.29, 0.717) is 17.9 Å². The smallest absolute Gasteiger partial charge is 0.198 e. The number of para-hydroxylation sites is 1. The van der Waals surface area contributed by atoms with Gasteiger partial charge in [-0.05, 0) is 12.1 Å². The minimum Gasteiger partial charge on any atom is -0.490 e. The summed E-state index contributed by atoms with van der Waals surface area (Å²) in [5.41, 5.74) is 0.612. The lowest BCUT2D eigenvalue weighted by Gasteiger charge is -2.22. The molecule has 1 aromatic rings. The third-order valence-electron chi connectivity index (χ3n) is 2.12. The summed E-state index contributed by atoms with van der Waals surface area (Å²) in [4.78, 5) is 11.6.